The van der Waals surface area contributed by atoms with Crippen molar-refractivity contribution in [3.63, 3.8) is 0 Å². The summed E-state index contributed by atoms with van der Waals surface area (Å²) in [5, 5.41) is 8.74. The van der Waals surface area contributed by atoms with Crippen LogP contribution in [-0.4, -0.2) is 14.8 Å². The van der Waals surface area contributed by atoms with Crippen molar-refractivity contribution >= 4 is 0 Å². The molecule has 0 radical (unpaired) electrons. The molecule has 5 heteroatoms. The summed E-state index contributed by atoms with van der Waals surface area (Å²) in [7, 11) is 0. The third-order valence-electron chi connectivity index (χ3n) is 5.42. The number of hydrogen-bond donors (Lipinski definition) is 0. The highest BCUT2D eigenvalue weighted by molar-refractivity contribution is 5.68. The van der Waals surface area contributed by atoms with E-state index in [0.29, 0.717) is 23.9 Å². The first kappa shape index (κ1) is 20.8. The van der Waals surface area contributed by atoms with E-state index in [0.717, 1.165) is 22.3 Å². The second kappa shape index (κ2) is 9.59. The molecule has 0 unspecified atom stereocenters. The summed E-state index contributed by atoms with van der Waals surface area (Å²) in [5.41, 5.74) is 4.53. The fourth-order valence-electron chi connectivity index (χ4n) is 3.76. The molecule has 0 aliphatic rings. The van der Waals surface area contributed by atoms with E-state index < -0.39 is 0 Å². The van der Waals surface area contributed by atoms with Crippen molar-refractivity contribution < 1.29 is 9.13 Å². The standard InChI is InChI=1S/C28H22FN3O/c29-25-13-7-8-14-26(25)32-27(20-33-19-21-9-3-1-4-10-21)30-31-28(32)24-17-15-23(16-18-24)22-11-5-2-6-12-22/h1-18H,19-20H2. The van der Waals surface area contributed by atoms with Gasteiger partial charge in [-0.2, -0.15) is 0 Å². The van der Waals surface area contributed by atoms with Gasteiger partial charge in [-0.3, -0.25) is 4.57 Å². The molecule has 0 aliphatic carbocycles. The van der Waals surface area contributed by atoms with Crippen LogP contribution in [0.4, 0.5) is 4.39 Å². The molecule has 0 spiro atoms. The fourth-order valence-corrected chi connectivity index (χ4v) is 3.76. The van der Waals surface area contributed by atoms with Crippen LogP contribution in [0.15, 0.2) is 109 Å². The second-order valence-corrected chi connectivity index (χ2v) is 7.65. The molecule has 5 aromatic rings. The predicted octanol–water partition coefficient (Wildman–Crippen LogP) is 6.46. The minimum absolute atomic E-state index is 0.207. The number of rotatable bonds is 7. The van der Waals surface area contributed by atoms with Crippen LogP contribution in [0, 0.1) is 5.82 Å². The van der Waals surface area contributed by atoms with E-state index in [1.165, 1.54) is 6.07 Å². The van der Waals surface area contributed by atoms with Gasteiger partial charge in [0, 0.05) is 5.56 Å². The Hall–Kier alpha value is -4.09. The Kier molecular flexibility index (Phi) is 6.04. The monoisotopic (exact) mass is 435 g/mol. The summed E-state index contributed by atoms with van der Waals surface area (Å²) in [5.74, 6) is 0.764. The third-order valence-corrected chi connectivity index (χ3v) is 5.42. The summed E-state index contributed by atoms with van der Waals surface area (Å²) in [6.07, 6.45) is 0. The smallest absolute Gasteiger partial charge is 0.168 e. The van der Waals surface area contributed by atoms with Gasteiger partial charge in [0.25, 0.3) is 0 Å². The number of aromatic nitrogens is 3. The Morgan fingerprint density at radius 3 is 1.94 bits per heavy atom. The highest BCUT2D eigenvalue weighted by Crippen LogP contribution is 2.27. The highest BCUT2D eigenvalue weighted by atomic mass is 19.1. The Labute approximate surface area is 191 Å². The van der Waals surface area contributed by atoms with Crippen LogP contribution >= 0.6 is 0 Å². The maximum atomic E-state index is 14.8. The second-order valence-electron chi connectivity index (χ2n) is 7.65. The normalized spacial score (nSPS) is 10.9. The zero-order chi connectivity index (χ0) is 22.5. The molecule has 0 fully saturated rings. The van der Waals surface area contributed by atoms with Gasteiger partial charge in [0.05, 0.1) is 12.3 Å². The number of halogens is 1. The van der Waals surface area contributed by atoms with E-state index in [1.54, 1.807) is 22.8 Å². The van der Waals surface area contributed by atoms with Gasteiger partial charge in [0.1, 0.15) is 12.4 Å². The highest BCUT2D eigenvalue weighted by Gasteiger charge is 2.18. The Bertz CT molecular complexity index is 1330. The van der Waals surface area contributed by atoms with Crippen LogP contribution in [-0.2, 0) is 18.0 Å². The molecule has 0 saturated heterocycles. The fraction of sp³-hybridized carbons (Fsp3) is 0.0714. The zero-order valence-corrected chi connectivity index (χ0v) is 17.9. The Balaban J connectivity index is 1.47. The third kappa shape index (κ3) is 4.59. The number of para-hydroxylation sites is 1. The largest absolute Gasteiger partial charge is 0.369 e. The molecular formula is C28H22FN3O. The first-order chi connectivity index (χ1) is 16.3. The number of ether oxygens (including phenoxy) is 1. The lowest BCUT2D eigenvalue weighted by molar-refractivity contribution is 0.100. The lowest BCUT2D eigenvalue weighted by atomic mass is 10.0. The van der Waals surface area contributed by atoms with Crippen LogP contribution in [0.2, 0.25) is 0 Å². The van der Waals surface area contributed by atoms with Gasteiger partial charge in [-0.1, -0.05) is 97.1 Å². The molecule has 1 aromatic heterocycles. The van der Waals surface area contributed by atoms with Gasteiger partial charge < -0.3 is 4.74 Å². The van der Waals surface area contributed by atoms with Crippen LogP contribution in [0.5, 0.6) is 0 Å². The molecule has 1 heterocycles. The van der Waals surface area contributed by atoms with Crippen LogP contribution in [0.3, 0.4) is 0 Å². The summed E-state index contributed by atoms with van der Waals surface area (Å²) in [4.78, 5) is 0. The van der Waals surface area contributed by atoms with Gasteiger partial charge in [-0.15, -0.1) is 10.2 Å². The minimum Gasteiger partial charge on any atom is -0.369 e. The molecule has 33 heavy (non-hydrogen) atoms. The molecule has 5 rings (SSSR count). The number of hydrogen-bond acceptors (Lipinski definition) is 3. The molecule has 0 N–H and O–H groups in total. The summed E-state index contributed by atoms with van der Waals surface area (Å²) in [6.45, 7) is 0.643. The van der Waals surface area contributed by atoms with E-state index in [9.17, 15) is 4.39 Å². The summed E-state index contributed by atoms with van der Waals surface area (Å²) in [6, 6.07) is 34.7. The first-order valence-electron chi connectivity index (χ1n) is 10.8. The molecule has 0 aliphatic heterocycles. The SMILES string of the molecule is Fc1ccccc1-n1c(COCc2ccccc2)nnc1-c1ccc(-c2ccccc2)cc1. The lowest BCUT2D eigenvalue weighted by Crippen LogP contribution is -2.07. The number of benzene rings is 4. The minimum atomic E-state index is -0.344. The van der Waals surface area contributed by atoms with E-state index >= 15 is 0 Å². The van der Waals surface area contributed by atoms with Crippen molar-refractivity contribution in [1.82, 2.24) is 14.8 Å². The quantitative estimate of drug-likeness (QED) is 0.295. The molecular weight excluding hydrogens is 413 g/mol. The van der Waals surface area contributed by atoms with Crippen molar-refractivity contribution in [2.75, 3.05) is 0 Å². The average Bonchev–Trinajstić information content (AvgIpc) is 3.29. The summed E-state index contributed by atoms with van der Waals surface area (Å²) < 4.78 is 22.4. The van der Waals surface area contributed by atoms with Gasteiger partial charge >= 0.3 is 0 Å². The predicted molar refractivity (Wildman–Crippen MR) is 127 cm³/mol. The van der Waals surface area contributed by atoms with Crippen LogP contribution in [0.1, 0.15) is 11.4 Å². The molecule has 4 nitrogen and oxygen atoms in total. The van der Waals surface area contributed by atoms with Crippen molar-refractivity contribution in [2.24, 2.45) is 0 Å². The lowest BCUT2D eigenvalue weighted by Gasteiger charge is -2.12. The topological polar surface area (TPSA) is 39.9 Å². The molecule has 0 atom stereocenters. The average molecular weight is 436 g/mol. The van der Waals surface area contributed by atoms with E-state index in [-0.39, 0.29) is 12.4 Å². The Morgan fingerprint density at radius 1 is 0.606 bits per heavy atom. The molecule has 0 bridgehead atoms. The van der Waals surface area contributed by atoms with Gasteiger partial charge in [-0.05, 0) is 28.8 Å². The van der Waals surface area contributed by atoms with Crippen molar-refractivity contribution in [3.05, 3.63) is 126 Å². The van der Waals surface area contributed by atoms with E-state index in [4.69, 9.17) is 4.74 Å². The van der Waals surface area contributed by atoms with Gasteiger partial charge in [-0.25, -0.2) is 4.39 Å². The van der Waals surface area contributed by atoms with E-state index in [2.05, 4.69) is 22.3 Å². The Morgan fingerprint density at radius 2 is 1.21 bits per heavy atom. The summed E-state index contributed by atoms with van der Waals surface area (Å²) >= 11 is 0. The maximum absolute atomic E-state index is 14.8. The molecule has 162 valence electrons. The van der Waals surface area contributed by atoms with Crippen molar-refractivity contribution in [1.29, 1.82) is 0 Å². The van der Waals surface area contributed by atoms with Crippen LogP contribution < -0.4 is 0 Å². The maximum Gasteiger partial charge on any atom is 0.168 e. The zero-order valence-electron chi connectivity index (χ0n) is 17.9. The molecule has 0 saturated carbocycles. The molecule has 4 aromatic carbocycles. The number of nitrogens with zero attached hydrogens (tertiary/aromatic N) is 3. The van der Waals surface area contributed by atoms with Gasteiger partial charge in [0.2, 0.25) is 0 Å². The van der Waals surface area contributed by atoms with Crippen LogP contribution in [0.25, 0.3) is 28.2 Å². The first-order valence-corrected chi connectivity index (χ1v) is 10.8. The molecule has 0 amide bonds. The van der Waals surface area contributed by atoms with Gasteiger partial charge in [0.15, 0.2) is 11.6 Å². The van der Waals surface area contributed by atoms with Crippen molar-refractivity contribution in [2.45, 2.75) is 13.2 Å². The van der Waals surface area contributed by atoms with Crippen molar-refractivity contribution in [3.8, 4) is 28.2 Å². The van der Waals surface area contributed by atoms with E-state index in [1.807, 2.05) is 72.8 Å².